The Kier molecular flexibility index (Phi) is 159. The van der Waals surface area contributed by atoms with Crippen molar-refractivity contribution in [2.24, 2.45) is 0 Å². The summed E-state index contributed by atoms with van der Waals surface area (Å²) in [5.74, 6) is 10.6. The molecular weight excluding hydrogens is 1630 g/mol. The van der Waals surface area contributed by atoms with Gasteiger partial charge in [-0.2, -0.15) is 139 Å². The number of hydrogen-bond acceptors (Lipinski definition) is 19. The standard InChI is InChI=1S/C13H12S.C9H20O3S.C9H12S.C9H20S.C8H18S.C7H16O2S.C7H8S.C7H16S.C6H14S.C5H12OS.C5H12S.C4H10S.C3H8S.CH4/c1-10-2-4-11(5-3-10)12-6-8-13(14)9-7-12;1-2-3-10-4-5-11-6-7-12-8-9-13;1-2-8-3-5-9(7-10)6-4-8;1-2-3-4-5-6-7-8-9-10;1-2-3-4-5-6-7-8-9;1-2-3-8-4-5-9-6-7-10;1-6-2-4-7(8)5-3-6;1-2-3-4-5-6-7-8;1-2-3-4-5-6-7;1-2-3-6-4-5-7;1-2-3-4-5-6;1-2-3-4-5;1-2-3-4;/h2-9,14H,1H3;13H,2-9H2,1H3;3-6,10H,2,7H2,1H3;10H,2-9H2,1H3;9H,2-8H2,1H3;10H,2-7H2,1H3;2-5,8H,1H3;8H,2-7H2,1H3;7H,2-6H2,1H3;7H,2-5H2,1H3;6H,2-5H2,1H3;5H,2-4H2,1H3;4H,2-3H2,1H3;1H4. The molecule has 0 saturated heterocycles. The monoisotopic (exact) mass is 1810 g/mol. The molecule has 19 heteroatoms. The van der Waals surface area contributed by atoms with E-state index in [4.69, 9.17) is 28.4 Å². The molecule has 0 spiro atoms. The molecule has 0 N–H and O–H groups in total. The van der Waals surface area contributed by atoms with E-state index in [1.165, 1.54) is 213 Å². The van der Waals surface area contributed by atoms with Gasteiger partial charge in [0.1, 0.15) is 0 Å². The molecule has 0 bridgehead atoms. The number of hydrogen-bond donors (Lipinski definition) is 13. The lowest BCUT2D eigenvalue weighted by molar-refractivity contribution is 0.0176. The summed E-state index contributed by atoms with van der Waals surface area (Å²) in [6.45, 7) is 36.8. The van der Waals surface area contributed by atoms with E-state index >= 15 is 0 Å². The van der Waals surface area contributed by atoms with Crippen LogP contribution < -0.4 is 0 Å². The highest BCUT2D eigenvalue weighted by molar-refractivity contribution is 7.82. The van der Waals surface area contributed by atoms with E-state index in [1.807, 2.05) is 36.4 Å². The molecule has 6 nitrogen and oxygen atoms in total. The predicted octanol–water partition coefficient (Wildman–Crippen LogP) is 31.1. The summed E-state index contributed by atoms with van der Waals surface area (Å²) in [7, 11) is 0. The van der Waals surface area contributed by atoms with Crippen LogP contribution in [0.3, 0.4) is 0 Å². The van der Waals surface area contributed by atoms with Gasteiger partial charge in [-0.1, -0.05) is 302 Å². The van der Waals surface area contributed by atoms with Crippen LogP contribution in [0.1, 0.15) is 305 Å². The quantitative estimate of drug-likeness (QED) is 0.0160. The molecule has 0 atom stereocenters. The summed E-state index contributed by atoms with van der Waals surface area (Å²) in [5, 5.41) is 0. The van der Waals surface area contributed by atoms with E-state index in [2.05, 4.69) is 315 Å². The minimum atomic E-state index is 0. The Labute approximate surface area is 771 Å². The van der Waals surface area contributed by atoms with Crippen LogP contribution in [0.4, 0.5) is 0 Å². The highest BCUT2D eigenvalue weighted by Crippen LogP contribution is 2.21. The number of rotatable bonds is 52. The summed E-state index contributed by atoms with van der Waals surface area (Å²) in [5.41, 5.74) is 7.75. The summed E-state index contributed by atoms with van der Waals surface area (Å²) >= 11 is 53.1. The fourth-order valence-electron chi connectivity index (χ4n) is 8.15. The topological polar surface area (TPSA) is 55.4 Å². The third-order valence-corrected chi connectivity index (χ3v) is 18.7. The second-order valence-electron chi connectivity index (χ2n) is 25.9. The minimum Gasteiger partial charge on any atom is -0.381 e. The molecule has 0 fully saturated rings. The van der Waals surface area contributed by atoms with Crippen molar-refractivity contribution in [3.63, 3.8) is 0 Å². The molecule has 0 unspecified atom stereocenters. The van der Waals surface area contributed by atoms with Crippen molar-refractivity contribution in [1.82, 2.24) is 0 Å². The van der Waals surface area contributed by atoms with Crippen LogP contribution in [0, 0.1) is 13.8 Å². The fraction of sp³-hybridized carbons (Fsp3) is 0.742. The van der Waals surface area contributed by atoms with E-state index in [9.17, 15) is 0 Å². The van der Waals surface area contributed by atoms with Gasteiger partial charge < -0.3 is 28.4 Å². The van der Waals surface area contributed by atoms with Gasteiger partial charge in [0.15, 0.2) is 0 Å². The second kappa shape index (κ2) is 133. The summed E-state index contributed by atoms with van der Waals surface area (Å²) < 4.78 is 31.0. The van der Waals surface area contributed by atoms with Crippen LogP contribution >= 0.6 is 164 Å². The second-order valence-corrected chi connectivity index (χ2v) is 31.7. The predicted molar refractivity (Wildman–Crippen MR) is 561 cm³/mol. The Morgan fingerprint density at radius 1 is 0.205 bits per heavy atom. The first-order valence-corrected chi connectivity index (χ1v) is 50.8. The summed E-state index contributed by atoms with van der Waals surface area (Å²) in [6, 6.07) is 33.4. The van der Waals surface area contributed by atoms with Crippen molar-refractivity contribution in [2.75, 3.05) is 137 Å². The van der Waals surface area contributed by atoms with E-state index in [0.717, 1.165) is 132 Å². The van der Waals surface area contributed by atoms with Gasteiger partial charge in [-0.25, -0.2) is 0 Å². The molecule has 668 valence electrons. The normalized spacial score (nSPS) is 9.66. The summed E-state index contributed by atoms with van der Waals surface area (Å²) in [6.07, 6.45) is 42.1. The minimum absolute atomic E-state index is 0. The first kappa shape index (κ1) is 134. The van der Waals surface area contributed by atoms with E-state index in [-0.39, 0.29) is 7.43 Å². The number of unbranched alkanes of at least 4 members (excludes halogenated alkanes) is 21. The van der Waals surface area contributed by atoms with Gasteiger partial charge in [0, 0.05) is 52.6 Å². The average Bonchev–Trinajstić information content (AvgIpc) is 0.865. The largest absolute Gasteiger partial charge is 0.381 e. The SMILES string of the molecule is C.CCCCCCCCCS.CCCCCCCCS.CCCCCCCS.CCCCCCS.CCCCCS.CCCCS.CCCOCCOCCOCCS.CCCOCCOCCS.CCCOCCS.CCCS.CCc1ccc(CS)cc1.Cc1ccc(-c2ccc(S)cc2)cc1.Cc1ccc(S)cc1. The Bertz CT molecular complexity index is 1920. The Hall–Kier alpha value is 1.19. The molecule has 0 saturated carbocycles. The van der Waals surface area contributed by atoms with Crippen LogP contribution in [0.2, 0.25) is 0 Å². The van der Waals surface area contributed by atoms with Crippen molar-refractivity contribution in [3.8, 4) is 11.1 Å². The average molecular weight is 1810 g/mol. The van der Waals surface area contributed by atoms with Crippen LogP contribution in [-0.2, 0) is 40.6 Å². The third kappa shape index (κ3) is 140. The number of aryl methyl sites for hydroxylation is 3. The first-order chi connectivity index (χ1) is 54.0. The molecule has 0 aliphatic carbocycles. The lowest BCUT2D eigenvalue weighted by Crippen LogP contribution is -2.10. The van der Waals surface area contributed by atoms with Crippen LogP contribution in [0.15, 0.2) is 107 Å². The lowest BCUT2D eigenvalue weighted by Gasteiger charge is -2.05. The highest BCUT2D eigenvalue weighted by Gasteiger charge is 1.97. The van der Waals surface area contributed by atoms with Gasteiger partial charge in [-0.15, -0.1) is 25.3 Å². The molecule has 4 rings (SSSR count). The number of thiol groups is 13. The molecular formula is C93H182O6S13. The Morgan fingerprint density at radius 3 is 0.652 bits per heavy atom. The van der Waals surface area contributed by atoms with Gasteiger partial charge in [-0.3, -0.25) is 0 Å². The maximum Gasteiger partial charge on any atom is 0.0701 e. The van der Waals surface area contributed by atoms with E-state index in [1.54, 1.807) is 0 Å². The van der Waals surface area contributed by atoms with Crippen molar-refractivity contribution >= 4 is 164 Å². The fourth-order valence-corrected chi connectivity index (χ4v) is 10.5. The van der Waals surface area contributed by atoms with E-state index in [0.29, 0.717) is 46.2 Å². The maximum absolute atomic E-state index is 5.25. The van der Waals surface area contributed by atoms with Crippen LogP contribution in [-0.4, -0.2) is 137 Å². The van der Waals surface area contributed by atoms with E-state index < -0.39 is 0 Å². The van der Waals surface area contributed by atoms with Crippen molar-refractivity contribution in [3.05, 3.63) is 119 Å². The molecule has 0 aliphatic heterocycles. The van der Waals surface area contributed by atoms with Crippen LogP contribution in [0.5, 0.6) is 0 Å². The maximum atomic E-state index is 5.25. The molecule has 4 aromatic rings. The zero-order valence-corrected chi connectivity index (χ0v) is 85.0. The van der Waals surface area contributed by atoms with Crippen molar-refractivity contribution in [2.45, 2.75) is 318 Å². The van der Waals surface area contributed by atoms with Crippen LogP contribution in [0.25, 0.3) is 11.1 Å². The van der Waals surface area contributed by atoms with Crippen molar-refractivity contribution in [1.29, 1.82) is 0 Å². The molecule has 4 aromatic carbocycles. The Morgan fingerprint density at radius 2 is 0.420 bits per heavy atom. The van der Waals surface area contributed by atoms with Crippen molar-refractivity contribution < 1.29 is 28.4 Å². The molecule has 112 heavy (non-hydrogen) atoms. The molecule has 0 radical (unpaired) electrons. The third-order valence-electron chi connectivity index (χ3n) is 14.8. The number of ether oxygens (including phenoxy) is 6. The zero-order chi connectivity index (χ0) is 85.1. The molecule has 0 aromatic heterocycles. The highest BCUT2D eigenvalue weighted by atomic mass is 32.1. The molecule has 0 aliphatic rings. The van der Waals surface area contributed by atoms with Gasteiger partial charge in [0.25, 0.3) is 0 Å². The van der Waals surface area contributed by atoms with Gasteiger partial charge in [0.2, 0.25) is 0 Å². The lowest BCUT2D eigenvalue weighted by atomic mass is 10.0. The van der Waals surface area contributed by atoms with Gasteiger partial charge >= 0.3 is 0 Å². The van der Waals surface area contributed by atoms with Gasteiger partial charge in [0.05, 0.1) is 59.5 Å². The summed E-state index contributed by atoms with van der Waals surface area (Å²) in [4.78, 5) is 2.02. The molecule has 0 amide bonds. The number of benzene rings is 4. The molecule has 0 heterocycles. The van der Waals surface area contributed by atoms with Gasteiger partial charge in [-0.05, 0) is 171 Å². The Balaban J connectivity index is -0.000000127. The smallest absolute Gasteiger partial charge is 0.0701 e. The first-order valence-electron chi connectivity index (χ1n) is 42.9. The zero-order valence-electron chi connectivity index (χ0n) is 73.4.